The minimum Gasteiger partial charge on any atom is -0.315 e. The highest BCUT2D eigenvalue weighted by Gasteiger charge is 2.34. The highest BCUT2D eigenvalue weighted by atomic mass is 35.5. The Morgan fingerprint density at radius 1 is 1.50 bits per heavy atom. The van der Waals surface area contributed by atoms with E-state index in [1.807, 2.05) is 11.9 Å². The second-order valence-corrected chi connectivity index (χ2v) is 4.34. The van der Waals surface area contributed by atoms with Crippen molar-refractivity contribution in [3.8, 4) is 0 Å². The molecule has 2 heterocycles. The molecule has 2 rings (SSSR count). The van der Waals surface area contributed by atoms with E-state index < -0.39 is 11.9 Å². The lowest BCUT2D eigenvalue weighted by atomic mass is 10.2. The van der Waals surface area contributed by atoms with Gasteiger partial charge in [0.05, 0.1) is 0 Å². The minimum absolute atomic E-state index is 0. The van der Waals surface area contributed by atoms with Crippen LogP contribution >= 0.6 is 12.4 Å². The summed E-state index contributed by atoms with van der Waals surface area (Å²) in [6, 6.07) is 1.45. The van der Waals surface area contributed by atoms with Gasteiger partial charge in [-0.25, -0.2) is 0 Å². The van der Waals surface area contributed by atoms with Gasteiger partial charge in [0.1, 0.15) is 0 Å². The van der Waals surface area contributed by atoms with Crippen LogP contribution in [0.1, 0.15) is 17.8 Å². The summed E-state index contributed by atoms with van der Waals surface area (Å²) in [5, 5.41) is 8.93. The second-order valence-electron chi connectivity index (χ2n) is 4.34. The van der Waals surface area contributed by atoms with E-state index in [1.165, 1.54) is 0 Å². The molecule has 1 atom stereocenters. The quantitative estimate of drug-likeness (QED) is 0.887. The van der Waals surface area contributed by atoms with Crippen LogP contribution in [0.25, 0.3) is 0 Å². The Kier molecular flexibility index (Phi) is 5.01. The average Bonchev–Trinajstić information content (AvgIpc) is 2.85. The van der Waals surface area contributed by atoms with Gasteiger partial charge in [-0.3, -0.25) is 10.00 Å². The summed E-state index contributed by atoms with van der Waals surface area (Å²) in [6.07, 6.45) is -3.35. The van der Waals surface area contributed by atoms with Crippen LogP contribution in [-0.2, 0) is 12.7 Å². The number of nitrogens with one attached hydrogen (secondary N) is 2. The van der Waals surface area contributed by atoms with Crippen molar-refractivity contribution < 1.29 is 13.2 Å². The lowest BCUT2D eigenvalue weighted by molar-refractivity contribution is -0.141. The number of rotatable bonds is 3. The first-order valence-corrected chi connectivity index (χ1v) is 5.49. The Morgan fingerprint density at radius 2 is 2.22 bits per heavy atom. The van der Waals surface area contributed by atoms with Gasteiger partial charge in [0.15, 0.2) is 5.69 Å². The van der Waals surface area contributed by atoms with E-state index in [-0.39, 0.29) is 12.4 Å². The zero-order valence-corrected chi connectivity index (χ0v) is 10.7. The highest BCUT2D eigenvalue weighted by molar-refractivity contribution is 5.85. The number of hydrogen-bond donors (Lipinski definition) is 2. The van der Waals surface area contributed by atoms with Gasteiger partial charge in [0.2, 0.25) is 0 Å². The van der Waals surface area contributed by atoms with Crippen molar-refractivity contribution in [3.63, 3.8) is 0 Å². The molecule has 2 N–H and O–H groups in total. The molecule has 104 valence electrons. The fourth-order valence-corrected chi connectivity index (χ4v) is 2.00. The number of alkyl halides is 3. The molecule has 0 spiro atoms. The lowest BCUT2D eigenvalue weighted by Gasteiger charge is -2.22. The minimum atomic E-state index is -4.37. The van der Waals surface area contributed by atoms with Crippen LogP contribution in [0.15, 0.2) is 6.07 Å². The van der Waals surface area contributed by atoms with Crippen LogP contribution < -0.4 is 5.32 Å². The lowest BCUT2D eigenvalue weighted by Crippen LogP contribution is -2.32. The normalized spacial score (nSPS) is 20.2. The van der Waals surface area contributed by atoms with Crippen molar-refractivity contribution in [2.75, 3.05) is 20.1 Å². The Hall–Kier alpha value is -0.790. The summed E-state index contributed by atoms with van der Waals surface area (Å²) in [4.78, 5) is 2.04. The molecule has 1 aromatic rings. The van der Waals surface area contributed by atoms with Gasteiger partial charge in [-0.05, 0) is 26.1 Å². The van der Waals surface area contributed by atoms with E-state index in [2.05, 4.69) is 15.5 Å². The van der Waals surface area contributed by atoms with Crippen molar-refractivity contribution in [1.82, 2.24) is 20.4 Å². The molecule has 1 fully saturated rings. The Balaban J connectivity index is 0.00000162. The van der Waals surface area contributed by atoms with Crippen molar-refractivity contribution >= 4 is 12.4 Å². The first kappa shape index (κ1) is 15.3. The maximum absolute atomic E-state index is 12.3. The number of aromatic amines is 1. The van der Waals surface area contributed by atoms with Gasteiger partial charge < -0.3 is 5.32 Å². The molecule has 1 aromatic heterocycles. The van der Waals surface area contributed by atoms with Gasteiger partial charge in [0.25, 0.3) is 0 Å². The molecule has 0 radical (unpaired) electrons. The molecule has 1 aliphatic heterocycles. The smallest absolute Gasteiger partial charge is 0.315 e. The average molecular weight is 285 g/mol. The molecule has 1 unspecified atom stereocenters. The molecule has 1 aliphatic rings. The van der Waals surface area contributed by atoms with Crippen molar-refractivity contribution in [2.45, 2.75) is 25.2 Å². The maximum Gasteiger partial charge on any atom is 0.435 e. The SMILES string of the molecule is CN(Cc1cc(C(F)(F)F)n[nH]1)C1CCNC1.Cl. The van der Waals surface area contributed by atoms with Gasteiger partial charge in [-0.2, -0.15) is 18.3 Å². The number of halogens is 4. The highest BCUT2D eigenvalue weighted by Crippen LogP contribution is 2.27. The monoisotopic (exact) mass is 284 g/mol. The van der Waals surface area contributed by atoms with E-state index in [0.29, 0.717) is 18.3 Å². The summed E-state index contributed by atoms with van der Waals surface area (Å²) in [6.45, 7) is 2.30. The van der Waals surface area contributed by atoms with Crippen LogP contribution in [0.2, 0.25) is 0 Å². The number of aromatic nitrogens is 2. The van der Waals surface area contributed by atoms with E-state index in [1.54, 1.807) is 0 Å². The van der Waals surface area contributed by atoms with Gasteiger partial charge in [-0.1, -0.05) is 0 Å². The standard InChI is InChI=1S/C10H15F3N4.ClH/c1-17(8-2-3-14-5-8)6-7-4-9(16-15-7)10(11,12)13;/h4,8,14H,2-3,5-6H2,1H3,(H,15,16);1H. The van der Waals surface area contributed by atoms with E-state index in [4.69, 9.17) is 0 Å². The maximum atomic E-state index is 12.3. The Labute approximate surface area is 109 Å². The molecular weight excluding hydrogens is 269 g/mol. The summed E-state index contributed by atoms with van der Waals surface area (Å²) >= 11 is 0. The number of nitrogens with zero attached hydrogens (tertiary/aromatic N) is 2. The molecule has 0 saturated carbocycles. The largest absolute Gasteiger partial charge is 0.435 e. The summed E-state index contributed by atoms with van der Waals surface area (Å²) in [5.41, 5.74) is -0.364. The fourth-order valence-electron chi connectivity index (χ4n) is 2.00. The van der Waals surface area contributed by atoms with E-state index in [9.17, 15) is 13.2 Å². The predicted octanol–water partition coefficient (Wildman–Crippen LogP) is 1.64. The molecule has 0 bridgehead atoms. The van der Waals surface area contributed by atoms with Crippen LogP contribution in [0.4, 0.5) is 13.2 Å². The summed E-state index contributed by atoms with van der Waals surface area (Å²) in [5.74, 6) is 0. The zero-order chi connectivity index (χ0) is 12.5. The number of likely N-dealkylation sites (N-methyl/N-ethyl adjacent to an activating group) is 1. The fraction of sp³-hybridized carbons (Fsp3) is 0.700. The number of hydrogen-bond acceptors (Lipinski definition) is 3. The van der Waals surface area contributed by atoms with Crippen molar-refractivity contribution in [2.24, 2.45) is 0 Å². The van der Waals surface area contributed by atoms with Crippen LogP contribution in [0.5, 0.6) is 0 Å². The Morgan fingerprint density at radius 3 is 2.72 bits per heavy atom. The third-order valence-electron chi connectivity index (χ3n) is 3.00. The first-order chi connectivity index (χ1) is 7.97. The number of H-pyrrole nitrogens is 1. The third-order valence-corrected chi connectivity index (χ3v) is 3.00. The predicted molar refractivity (Wildman–Crippen MR) is 63.6 cm³/mol. The zero-order valence-electron chi connectivity index (χ0n) is 9.92. The third kappa shape index (κ3) is 3.60. The summed E-state index contributed by atoms with van der Waals surface area (Å²) < 4.78 is 37.0. The molecule has 4 nitrogen and oxygen atoms in total. The Bertz CT molecular complexity index is 373. The summed E-state index contributed by atoms with van der Waals surface area (Å²) in [7, 11) is 1.91. The topological polar surface area (TPSA) is 44.0 Å². The van der Waals surface area contributed by atoms with Crippen LogP contribution in [0.3, 0.4) is 0 Å². The van der Waals surface area contributed by atoms with Crippen molar-refractivity contribution in [3.05, 3.63) is 17.5 Å². The molecule has 0 amide bonds. The molecule has 8 heteroatoms. The van der Waals surface area contributed by atoms with Crippen LogP contribution in [-0.4, -0.2) is 41.3 Å². The molecule has 0 aromatic carbocycles. The van der Waals surface area contributed by atoms with Gasteiger partial charge >= 0.3 is 6.18 Å². The first-order valence-electron chi connectivity index (χ1n) is 5.49. The van der Waals surface area contributed by atoms with Gasteiger partial charge in [0, 0.05) is 24.8 Å². The molecule has 18 heavy (non-hydrogen) atoms. The van der Waals surface area contributed by atoms with E-state index in [0.717, 1.165) is 25.6 Å². The molecule has 0 aliphatic carbocycles. The van der Waals surface area contributed by atoms with E-state index >= 15 is 0 Å². The molecule has 1 saturated heterocycles. The second kappa shape index (κ2) is 5.90. The van der Waals surface area contributed by atoms with Crippen molar-refractivity contribution in [1.29, 1.82) is 0 Å². The van der Waals surface area contributed by atoms with Gasteiger partial charge in [-0.15, -0.1) is 12.4 Å². The molecular formula is C10H16ClF3N4. The van der Waals surface area contributed by atoms with Crippen LogP contribution in [0, 0.1) is 0 Å².